The Morgan fingerprint density at radius 3 is 2.75 bits per heavy atom. The van der Waals surface area contributed by atoms with Crippen molar-refractivity contribution in [2.45, 2.75) is 30.7 Å². The first kappa shape index (κ1) is 16.6. The molecular weight excluding hydrogens is 280 g/mol. The quantitative estimate of drug-likeness (QED) is 0.730. The summed E-state index contributed by atoms with van der Waals surface area (Å²) in [5.74, 6) is -0.463. The Morgan fingerprint density at radius 2 is 2.15 bits per heavy atom. The van der Waals surface area contributed by atoms with Gasteiger partial charge in [-0.05, 0) is 24.1 Å². The number of hydrogen-bond acceptors (Lipinski definition) is 5. The second kappa shape index (κ2) is 7.37. The zero-order chi connectivity index (χ0) is 15.2. The van der Waals surface area contributed by atoms with Crippen LogP contribution in [0.3, 0.4) is 0 Å². The second-order valence-corrected chi connectivity index (χ2v) is 6.08. The van der Waals surface area contributed by atoms with Crippen molar-refractivity contribution in [3.05, 3.63) is 29.8 Å². The number of methoxy groups -OCH3 is 1. The van der Waals surface area contributed by atoms with Gasteiger partial charge in [0, 0.05) is 12.6 Å². The molecule has 1 atom stereocenters. The summed E-state index contributed by atoms with van der Waals surface area (Å²) in [4.78, 5) is 11.1. The van der Waals surface area contributed by atoms with Gasteiger partial charge in [0.05, 0.1) is 18.4 Å². The summed E-state index contributed by atoms with van der Waals surface area (Å²) in [6.07, 6.45) is 0.711. The molecule has 1 aromatic carbocycles. The van der Waals surface area contributed by atoms with Crippen LogP contribution in [0.4, 0.5) is 0 Å². The number of carbonyl (C=O) groups is 1. The molecular formula is C13H20N2O4S. The van der Waals surface area contributed by atoms with Crippen molar-refractivity contribution in [3.63, 3.8) is 0 Å². The van der Waals surface area contributed by atoms with E-state index < -0.39 is 16.0 Å². The van der Waals surface area contributed by atoms with Gasteiger partial charge in [-0.1, -0.05) is 19.1 Å². The average molecular weight is 300 g/mol. The molecule has 112 valence electrons. The van der Waals surface area contributed by atoms with Crippen molar-refractivity contribution in [1.82, 2.24) is 4.72 Å². The second-order valence-electron chi connectivity index (χ2n) is 4.31. The van der Waals surface area contributed by atoms with Crippen LogP contribution in [0.1, 0.15) is 31.4 Å². The molecule has 0 aliphatic rings. The molecule has 0 aromatic heterocycles. The predicted molar refractivity (Wildman–Crippen MR) is 75.5 cm³/mol. The Labute approximate surface area is 119 Å². The summed E-state index contributed by atoms with van der Waals surface area (Å²) < 4.78 is 30.9. The van der Waals surface area contributed by atoms with E-state index in [9.17, 15) is 13.2 Å². The first-order valence-electron chi connectivity index (χ1n) is 6.32. The molecule has 0 heterocycles. The van der Waals surface area contributed by atoms with Gasteiger partial charge >= 0.3 is 5.97 Å². The first-order valence-corrected chi connectivity index (χ1v) is 7.81. The van der Waals surface area contributed by atoms with Gasteiger partial charge in [-0.15, -0.1) is 0 Å². The Hall–Kier alpha value is -1.44. The molecule has 0 saturated carbocycles. The van der Waals surface area contributed by atoms with E-state index in [1.54, 1.807) is 18.2 Å². The number of esters is 1. The summed E-state index contributed by atoms with van der Waals surface area (Å²) in [5.41, 5.74) is 6.65. The zero-order valence-electron chi connectivity index (χ0n) is 11.6. The molecule has 6 nitrogen and oxygen atoms in total. The largest absolute Gasteiger partial charge is 0.469 e. The minimum atomic E-state index is -3.64. The summed E-state index contributed by atoms with van der Waals surface area (Å²) in [5, 5.41) is 0. The van der Waals surface area contributed by atoms with E-state index in [0.29, 0.717) is 0 Å². The van der Waals surface area contributed by atoms with E-state index in [0.717, 1.165) is 12.0 Å². The minimum absolute atomic E-state index is 0.000927. The van der Waals surface area contributed by atoms with Crippen LogP contribution in [0, 0.1) is 0 Å². The maximum Gasteiger partial charge on any atom is 0.306 e. The highest BCUT2D eigenvalue weighted by molar-refractivity contribution is 7.89. The van der Waals surface area contributed by atoms with E-state index >= 15 is 0 Å². The number of nitrogens with one attached hydrogen (secondary N) is 1. The van der Waals surface area contributed by atoms with Crippen LogP contribution in [0.5, 0.6) is 0 Å². The molecule has 1 unspecified atom stereocenters. The maximum atomic E-state index is 12.1. The van der Waals surface area contributed by atoms with Gasteiger partial charge in [0.15, 0.2) is 0 Å². The third-order valence-corrected chi connectivity index (χ3v) is 4.34. The summed E-state index contributed by atoms with van der Waals surface area (Å²) >= 11 is 0. The fourth-order valence-corrected chi connectivity index (χ4v) is 2.71. The molecule has 0 bridgehead atoms. The highest BCUT2D eigenvalue weighted by Crippen LogP contribution is 2.18. The number of sulfonamides is 1. The SMILES string of the molecule is CCC(N)c1cccc(S(=O)(=O)NCCC(=O)OC)c1. The Kier molecular flexibility index (Phi) is 6.12. The van der Waals surface area contributed by atoms with Gasteiger partial charge in [-0.2, -0.15) is 0 Å². The van der Waals surface area contributed by atoms with Crippen LogP contribution in [-0.2, 0) is 19.6 Å². The Morgan fingerprint density at radius 1 is 1.45 bits per heavy atom. The molecule has 0 aliphatic heterocycles. The monoisotopic (exact) mass is 300 g/mol. The summed E-state index contributed by atoms with van der Waals surface area (Å²) in [7, 11) is -2.39. The van der Waals surface area contributed by atoms with Crippen LogP contribution in [0.2, 0.25) is 0 Å². The Balaban J connectivity index is 2.79. The van der Waals surface area contributed by atoms with Crippen molar-refractivity contribution in [2.24, 2.45) is 5.73 Å². The summed E-state index contributed by atoms with van der Waals surface area (Å²) in [6.45, 7) is 1.93. The highest BCUT2D eigenvalue weighted by atomic mass is 32.2. The van der Waals surface area contributed by atoms with Gasteiger partial charge in [0.1, 0.15) is 0 Å². The number of ether oxygens (including phenoxy) is 1. The molecule has 0 amide bonds. The lowest BCUT2D eigenvalue weighted by molar-refractivity contribution is -0.140. The third kappa shape index (κ3) is 4.59. The van der Waals surface area contributed by atoms with Crippen LogP contribution in [0.15, 0.2) is 29.2 Å². The van der Waals surface area contributed by atoms with Gasteiger partial charge in [-0.3, -0.25) is 4.79 Å². The predicted octanol–water partition coefficient (Wildman–Crippen LogP) is 0.938. The molecule has 0 saturated heterocycles. The van der Waals surface area contributed by atoms with E-state index in [1.807, 2.05) is 6.92 Å². The fourth-order valence-electron chi connectivity index (χ4n) is 1.62. The normalized spacial score (nSPS) is 12.9. The highest BCUT2D eigenvalue weighted by Gasteiger charge is 2.15. The van der Waals surface area contributed by atoms with Crippen LogP contribution >= 0.6 is 0 Å². The molecule has 7 heteroatoms. The number of carbonyl (C=O) groups excluding carboxylic acids is 1. The van der Waals surface area contributed by atoms with Gasteiger partial charge in [-0.25, -0.2) is 13.1 Å². The van der Waals surface area contributed by atoms with Crippen LogP contribution in [0.25, 0.3) is 0 Å². The van der Waals surface area contributed by atoms with Gasteiger partial charge in [0.25, 0.3) is 0 Å². The van der Waals surface area contributed by atoms with Gasteiger partial charge < -0.3 is 10.5 Å². The molecule has 1 rings (SSSR count). The van der Waals surface area contributed by atoms with Crippen molar-refractivity contribution in [1.29, 1.82) is 0 Å². The molecule has 0 radical (unpaired) electrons. The Bertz CT molecular complexity index is 557. The van der Waals surface area contributed by atoms with Crippen molar-refractivity contribution in [2.75, 3.05) is 13.7 Å². The topological polar surface area (TPSA) is 98.5 Å². The lowest BCUT2D eigenvalue weighted by atomic mass is 10.1. The minimum Gasteiger partial charge on any atom is -0.469 e. The zero-order valence-corrected chi connectivity index (χ0v) is 12.4. The average Bonchev–Trinajstić information content (AvgIpc) is 2.46. The lowest BCUT2D eigenvalue weighted by Gasteiger charge is -2.11. The number of hydrogen-bond donors (Lipinski definition) is 2. The molecule has 20 heavy (non-hydrogen) atoms. The van der Waals surface area contributed by atoms with Crippen LogP contribution in [-0.4, -0.2) is 28.0 Å². The summed E-state index contributed by atoms with van der Waals surface area (Å²) in [6, 6.07) is 6.29. The van der Waals surface area contributed by atoms with Crippen molar-refractivity contribution < 1.29 is 17.9 Å². The molecule has 0 fully saturated rings. The third-order valence-electron chi connectivity index (χ3n) is 2.89. The fraction of sp³-hybridized carbons (Fsp3) is 0.462. The van der Waals surface area contributed by atoms with E-state index in [1.165, 1.54) is 13.2 Å². The maximum absolute atomic E-state index is 12.1. The van der Waals surface area contributed by atoms with Crippen molar-refractivity contribution >= 4 is 16.0 Å². The number of rotatable bonds is 7. The van der Waals surface area contributed by atoms with E-state index in [2.05, 4.69) is 9.46 Å². The molecule has 0 aliphatic carbocycles. The lowest BCUT2D eigenvalue weighted by Crippen LogP contribution is -2.26. The van der Waals surface area contributed by atoms with E-state index in [4.69, 9.17) is 5.73 Å². The van der Waals surface area contributed by atoms with Gasteiger partial charge in [0.2, 0.25) is 10.0 Å². The first-order chi connectivity index (χ1) is 9.40. The molecule has 1 aromatic rings. The van der Waals surface area contributed by atoms with E-state index in [-0.39, 0.29) is 23.9 Å². The standard InChI is InChI=1S/C13H20N2O4S/c1-3-12(14)10-5-4-6-11(9-10)20(17,18)15-8-7-13(16)19-2/h4-6,9,12,15H,3,7-8,14H2,1-2H3. The number of benzene rings is 1. The van der Waals surface area contributed by atoms with Crippen LogP contribution < -0.4 is 10.5 Å². The smallest absolute Gasteiger partial charge is 0.306 e. The molecule has 3 N–H and O–H groups in total. The molecule has 0 spiro atoms. The van der Waals surface area contributed by atoms with Crippen molar-refractivity contribution in [3.8, 4) is 0 Å². The number of nitrogens with two attached hydrogens (primary N) is 1.